The molecule has 1 N–H and O–H groups in total. The Labute approximate surface area is 168 Å². The van der Waals surface area contributed by atoms with E-state index in [1.807, 2.05) is 63.2 Å². The van der Waals surface area contributed by atoms with Gasteiger partial charge in [0.25, 0.3) is 0 Å². The van der Waals surface area contributed by atoms with Gasteiger partial charge in [0.15, 0.2) is 5.58 Å². The first-order valence-electron chi connectivity index (χ1n) is 8.93. The number of hydrogen-bond acceptors (Lipinski definition) is 4. The normalized spacial score (nSPS) is 11.6. The second-order valence-corrected chi connectivity index (χ2v) is 7.24. The zero-order valence-corrected chi connectivity index (χ0v) is 16.6. The van der Waals surface area contributed by atoms with E-state index in [0.717, 1.165) is 27.8 Å². The van der Waals surface area contributed by atoms with Gasteiger partial charge in [0.2, 0.25) is 5.89 Å². The summed E-state index contributed by atoms with van der Waals surface area (Å²) in [7, 11) is 0. The summed E-state index contributed by atoms with van der Waals surface area (Å²) >= 11 is 6.29. The quantitative estimate of drug-likeness (QED) is 0.404. The molecule has 4 nitrogen and oxygen atoms in total. The summed E-state index contributed by atoms with van der Waals surface area (Å²) in [5, 5.41) is 10.9. The zero-order chi connectivity index (χ0) is 19.8. The van der Waals surface area contributed by atoms with Gasteiger partial charge >= 0.3 is 0 Å². The van der Waals surface area contributed by atoms with E-state index in [0.29, 0.717) is 27.7 Å². The van der Waals surface area contributed by atoms with Crippen molar-refractivity contribution in [3.8, 4) is 17.2 Å². The Morgan fingerprint density at radius 3 is 2.68 bits per heavy atom. The van der Waals surface area contributed by atoms with E-state index in [1.165, 1.54) is 0 Å². The maximum atomic E-state index is 10.2. The third kappa shape index (κ3) is 3.39. The SMILES string of the molecule is Cc1cccc(-c2nc3cc(N=Cc4c(O)cc(C)c(Cl)c4C)ccc3o2)c1. The Morgan fingerprint density at radius 1 is 1.07 bits per heavy atom. The van der Waals surface area contributed by atoms with Crippen molar-refractivity contribution in [2.75, 3.05) is 0 Å². The molecule has 1 aromatic heterocycles. The van der Waals surface area contributed by atoms with Crippen LogP contribution in [0.3, 0.4) is 0 Å². The number of hydrogen-bond donors (Lipinski definition) is 1. The second-order valence-electron chi connectivity index (χ2n) is 6.86. The summed E-state index contributed by atoms with van der Waals surface area (Å²) in [4.78, 5) is 9.08. The van der Waals surface area contributed by atoms with Crippen LogP contribution in [0.2, 0.25) is 5.02 Å². The number of aryl methyl sites for hydroxylation is 2. The summed E-state index contributed by atoms with van der Waals surface area (Å²) < 4.78 is 5.87. The highest BCUT2D eigenvalue weighted by Crippen LogP contribution is 2.31. The number of aromatic nitrogens is 1. The molecular formula is C23H19ClN2O2. The second kappa shape index (κ2) is 7.13. The minimum Gasteiger partial charge on any atom is -0.507 e. The number of fused-ring (bicyclic) bond motifs is 1. The molecule has 0 unspecified atom stereocenters. The van der Waals surface area contributed by atoms with Crippen LogP contribution in [0.5, 0.6) is 5.75 Å². The van der Waals surface area contributed by atoms with Crippen molar-refractivity contribution < 1.29 is 9.52 Å². The number of phenolic OH excluding ortho intramolecular Hbond substituents is 1. The summed E-state index contributed by atoms with van der Waals surface area (Å²) in [5.41, 5.74) is 6.48. The molecule has 0 aliphatic rings. The molecule has 0 spiro atoms. The third-order valence-corrected chi connectivity index (χ3v) is 5.27. The van der Waals surface area contributed by atoms with Gasteiger partial charge in [-0.15, -0.1) is 0 Å². The van der Waals surface area contributed by atoms with Gasteiger partial charge in [-0.3, -0.25) is 4.99 Å². The molecule has 4 aromatic rings. The van der Waals surface area contributed by atoms with Gasteiger partial charge in [0.05, 0.1) is 5.69 Å². The Hall–Kier alpha value is -3.11. The number of aliphatic imine (C=N–C) groups is 1. The molecule has 0 aliphatic carbocycles. The molecule has 4 rings (SSSR count). The first kappa shape index (κ1) is 18.3. The molecule has 0 amide bonds. The van der Waals surface area contributed by atoms with Crippen LogP contribution >= 0.6 is 11.6 Å². The number of oxazole rings is 1. The van der Waals surface area contributed by atoms with Gasteiger partial charge in [-0.2, -0.15) is 0 Å². The predicted molar refractivity (Wildman–Crippen MR) is 114 cm³/mol. The molecule has 3 aromatic carbocycles. The number of benzene rings is 3. The first-order chi connectivity index (χ1) is 13.4. The summed E-state index contributed by atoms with van der Waals surface area (Å²) in [5.74, 6) is 0.742. The van der Waals surface area contributed by atoms with Crippen LogP contribution in [0.25, 0.3) is 22.6 Å². The molecule has 0 aliphatic heterocycles. The van der Waals surface area contributed by atoms with Crippen LogP contribution in [0, 0.1) is 20.8 Å². The smallest absolute Gasteiger partial charge is 0.227 e. The van der Waals surface area contributed by atoms with Gasteiger partial charge < -0.3 is 9.52 Å². The average molecular weight is 391 g/mol. The van der Waals surface area contributed by atoms with E-state index >= 15 is 0 Å². The lowest BCUT2D eigenvalue weighted by Crippen LogP contribution is -1.92. The number of phenols is 1. The molecule has 0 radical (unpaired) electrons. The average Bonchev–Trinajstić information content (AvgIpc) is 3.09. The van der Waals surface area contributed by atoms with E-state index in [4.69, 9.17) is 16.0 Å². The molecule has 0 saturated heterocycles. The molecule has 28 heavy (non-hydrogen) atoms. The van der Waals surface area contributed by atoms with Crippen LogP contribution in [0.15, 0.2) is 57.9 Å². The third-order valence-electron chi connectivity index (χ3n) is 4.69. The van der Waals surface area contributed by atoms with Crippen molar-refractivity contribution in [3.63, 3.8) is 0 Å². The van der Waals surface area contributed by atoms with Gasteiger partial charge in [0.1, 0.15) is 11.3 Å². The fourth-order valence-corrected chi connectivity index (χ4v) is 3.31. The highest BCUT2D eigenvalue weighted by atomic mass is 35.5. The molecule has 0 saturated carbocycles. The summed E-state index contributed by atoms with van der Waals surface area (Å²) in [6.07, 6.45) is 1.62. The van der Waals surface area contributed by atoms with Crippen molar-refractivity contribution in [3.05, 3.63) is 75.8 Å². The lowest BCUT2D eigenvalue weighted by Gasteiger charge is -2.08. The number of halogens is 1. The van der Waals surface area contributed by atoms with Crippen LogP contribution in [-0.4, -0.2) is 16.3 Å². The maximum absolute atomic E-state index is 10.2. The predicted octanol–water partition coefficient (Wildman–Crippen LogP) is 6.53. The van der Waals surface area contributed by atoms with Crippen molar-refractivity contribution in [1.29, 1.82) is 0 Å². The minimum absolute atomic E-state index is 0.160. The van der Waals surface area contributed by atoms with E-state index in [2.05, 4.69) is 9.98 Å². The maximum Gasteiger partial charge on any atom is 0.227 e. The number of aromatic hydroxyl groups is 1. The number of rotatable bonds is 3. The molecule has 0 bridgehead atoms. The van der Waals surface area contributed by atoms with Crippen LogP contribution in [0.1, 0.15) is 22.3 Å². The van der Waals surface area contributed by atoms with E-state index < -0.39 is 0 Å². The van der Waals surface area contributed by atoms with E-state index in [-0.39, 0.29) is 5.75 Å². The molecule has 0 atom stereocenters. The lowest BCUT2D eigenvalue weighted by molar-refractivity contribution is 0.473. The van der Waals surface area contributed by atoms with Crippen molar-refractivity contribution in [2.24, 2.45) is 4.99 Å². The van der Waals surface area contributed by atoms with Gasteiger partial charge in [0, 0.05) is 22.4 Å². The van der Waals surface area contributed by atoms with Gasteiger partial charge in [-0.1, -0.05) is 29.3 Å². The Balaban J connectivity index is 1.69. The van der Waals surface area contributed by atoms with E-state index in [1.54, 1.807) is 12.3 Å². The standard InChI is InChI=1S/C23H19ClN2O2/c1-13-5-4-6-16(9-13)23-26-19-11-17(7-8-21(19)28-23)25-12-18-15(3)22(24)14(2)10-20(18)27/h4-12,27H,1-3H3. The molecule has 5 heteroatoms. The number of nitrogens with zero attached hydrogens (tertiary/aromatic N) is 2. The highest BCUT2D eigenvalue weighted by Gasteiger charge is 2.11. The monoisotopic (exact) mass is 390 g/mol. The first-order valence-corrected chi connectivity index (χ1v) is 9.30. The highest BCUT2D eigenvalue weighted by molar-refractivity contribution is 6.32. The van der Waals surface area contributed by atoms with Crippen molar-refractivity contribution in [2.45, 2.75) is 20.8 Å². The Morgan fingerprint density at radius 2 is 1.89 bits per heavy atom. The molecular weight excluding hydrogens is 372 g/mol. The van der Waals surface area contributed by atoms with E-state index in [9.17, 15) is 5.11 Å². The van der Waals surface area contributed by atoms with Gasteiger partial charge in [-0.05, 0) is 68.3 Å². The van der Waals surface area contributed by atoms with Crippen LogP contribution in [0.4, 0.5) is 5.69 Å². The molecule has 140 valence electrons. The van der Waals surface area contributed by atoms with Crippen LogP contribution < -0.4 is 0 Å². The van der Waals surface area contributed by atoms with Crippen molar-refractivity contribution >= 4 is 34.6 Å². The fourth-order valence-electron chi connectivity index (χ4n) is 3.15. The summed E-state index contributed by atoms with van der Waals surface area (Å²) in [6, 6.07) is 15.2. The van der Waals surface area contributed by atoms with Gasteiger partial charge in [-0.25, -0.2) is 4.98 Å². The summed E-state index contributed by atoms with van der Waals surface area (Å²) in [6.45, 7) is 5.76. The molecule has 1 heterocycles. The Kier molecular flexibility index (Phi) is 4.65. The van der Waals surface area contributed by atoms with Crippen molar-refractivity contribution in [1.82, 2.24) is 4.98 Å². The minimum atomic E-state index is 0.160. The fraction of sp³-hybridized carbons (Fsp3) is 0.130. The largest absolute Gasteiger partial charge is 0.507 e. The molecule has 0 fully saturated rings. The zero-order valence-electron chi connectivity index (χ0n) is 15.8. The lowest BCUT2D eigenvalue weighted by atomic mass is 10.0. The Bertz CT molecular complexity index is 1220. The van der Waals surface area contributed by atoms with Crippen LogP contribution in [-0.2, 0) is 0 Å². The topological polar surface area (TPSA) is 58.6 Å².